The third kappa shape index (κ3) is 2.46. The maximum Gasteiger partial charge on any atom is 0.247 e. The highest BCUT2D eigenvalue weighted by Crippen LogP contribution is 2.52. The minimum Gasteiger partial charge on any atom is -0.324 e. The number of anilines is 1. The van der Waals surface area contributed by atoms with E-state index < -0.39 is 6.04 Å². The molecule has 26 heavy (non-hydrogen) atoms. The summed E-state index contributed by atoms with van der Waals surface area (Å²) in [6.07, 6.45) is 5.00. The number of nitrogens with one attached hydrogen (secondary N) is 1. The van der Waals surface area contributed by atoms with Gasteiger partial charge in [0, 0.05) is 10.2 Å². The number of allylic oxidation sites excluding steroid dienone is 2. The second kappa shape index (κ2) is 6.05. The van der Waals surface area contributed by atoms with E-state index in [1.807, 2.05) is 26.0 Å². The van der Waals surface area contributed by atoms with Crippen LogP contribution in [-0.4, -0.2) is 28.7 Å². The van der Waals surface area contributed by atoms with E-state index in [2.05, 4.69) is 33.4 Å². The van der Waals surface area contributed by atoms with Crippen LogP contribution in [0, 0.1) is 37.5 Å². The quantitative estimate of drug-likeness (QED) is 0.607. The maximum atomic E-state index is 12.8. The van der Waals surface area contributed by atoms with Gasteiger partial charge in [-0.2, -0.15) is 0 Å². The highest BCUT2D eigenvalue weighted by molar-refractivity contribution is 9.10. The topological polar surface area (TPSA) is 66.5 Å². The average Bonchev–Trinajstić information content (AvgIpc) is 3.26. The fourth-order valence-corrected chi connectivity index (χ4v) is 5.03. The van der Waals surface area contributed by atoms with Crippen LogP contribution in [0.25, 0.3) is 0 Å². The molecule has 1 saturated heterocycles. The summed E-state index contributed by atoms with van der Waals surface area (Å²) >= 11 is 3.47. The second-order valence-corrected chi connectivity index (χ2v) is 8.48. The number of imide groups is 1. The number of nitrogens with zero attached hydrogens (tertiary/aromatic N) is 1. The first-order valence-corrected chi connectivity index (χ1v) is 9.71. The number of carbonyl (C=O) groups excluding carboxylic acids is 3. The van der Waals surface area contributed by atoms with Gasteiger partial charge in [-0.25, -0.2) is 0 Å². The molecule has 1 saturated carbocycles. The molecule has 0 unspecified atom stereocenters. The molecule has 1 heterocycles. The third-order valence-corrected chi connectivity index (χ3v) is 6.89. The number of benzene rings is 1. The Bertz CT molecular complexity index is 833. The molecule has 1 aromatic rings. The van der Waals surface area contributed by atoms with Gasteiger partial charge in [0.05, 0.1) is 11.8 Å². The van der Waals surface area contributed by atoms with Crippen LogP contribution in [0.3, 0.4) is 0 Å². The van der Waals surface area contributed by atoms with Crippen molar-refractivity contribution >= 4 is 39.3 Å². The molecule has 5 atom stereocenters. The Morgan fingerprint density at radius 2 is 1.69 bits per heavy atom. The Labute approximate surface area is 160 Å². The third-order valence-electron chi connectivity index (χ3n) is 6.03. The molecule has 3 amide bonds. The van der Waals surface area contributed by atoms with Crippen molar-refractivity contribution in [3.63, 3.8) is 0 Å². The molecule has 6 heteroatoms. The number of hydrogen-bond donors (Lipinski definition) is 1. The van der Waals surface area contributed by atoms with Gasteiger partial charge < -0.3 is 5.32 Å². The van der Waals surface area contributed by atoms with Gasteiger partial charge in [0.15, 0.2) is 0 Å². The molecule has 0 spiro atoms. The molecule has 0 aromatic heterocycles. The molecule has 4 rings (SSSR count). The Hall–Kier alpha value is -1.95. The van der Waals surface area contributed by atoms with Gasteiger partial charge in [0.2, 0.25) is 17.7 Å². The average molecular weight is 417 g/mol. The summed E-state index contributed by atoms with van der Waals surface area (Å²) in [5.41, 5.74) is 2.62. The van der Waals surface area contributed by atoms with Crippen molar-refractivity contribution in [1.82, 2.24) is 4.90 Å². The smallest absolute Gasteiger partial charge is 0.247 e. The fourth-order valence-electron chi connectivity index (χ4n) is 4.58. The lowest BCUT2D eigenvalue weighted by molar-refractivity contribution is -0.146. The maximum absolute atomic E-state index is 12.8. The molecule has 1 aliphatic heterocycles. The number of aryl methyl sites for hydroxylation is 2. The lowest BCUT2D eigenvalue weighted by atomic mass is 9.85. The van der Waals surface area contributed by atoms with Gasteiger partial charge >= 0.3 is 0 Å². The van der Waals surface area contributed by atoms with E-state index in [0.717, 1.165) is 22.0 Å². The Morgan fingerprint density at radius 1 is 1.12 bits per heavy atom. The fraction of sp³-hybridized carbons (Fsp3) is 0.450. The molecule has 2 fully saturated rings. The van der Waals surface area contributed by atoms with Gasteiger partial charge in [-0.3, -0.25) is 19.3 Å². The molecule has 1 N–H and O–H groups in total. The van der Waals surface area contributed by atoms with Crippen LogP contribution in [-0.2, 0) is 14.4 Å². The molecule has 3 aliphatic rings. The Kier molecular flexibility index (Phi) is 4.06. The van der Waals surface area contributed by atoms with E-state index in [-0.39, 0.29) is 41.4 Å². The van der Waals surface area contributed by atoms with Crippen molar-refractivity contribution < 1.29 is 14.4 Å². The van der Waals surface area contributed by atoms with E-state index in [0.29, 0.717) is 5.69 Å². The number of halogens is 1. The SMILES string of the molecule is Cc1cc(NC(=O)[C@H](C)N2C(=O)[C@@H]3[C@@H](C2=O)[C@H]2C=C[C@H]3C2)c(C)cc1Br. The lowest BCUT2D eigenvalue weighted by Gasteiger charge is -2.24. The summed E-state index contributed by atoms with van der Waals surface area (Å²) in [6, 6.07) is 3.01. The zero-order chi connectivity index (χ0) is 18.7. The van der Waals surface area contributed by atoms with Crippen LogP contribution in [0.15, 0.2) is 28.8 Å². The van der Waals surface area contributed by atoms with Gasteiger partial charge in [-0.15, -0.1) is 0 Å². The minimum absolute atomic E-state index is 0.151. The van der Waals surface area contributed by atoms with Crippen molar-refractivity contribution in [3.05, 3.63) is 39.9 Å². The number of carbonyl (C=O) groups is 3. The zero-order valence-corrected chi connectivity index (χ0v) is 16.5. The van der Waals surface area contributed by atoms with Crippen LogP contribution >= 0.6 is 15.9 Å². The first kappa shape index (κ1) is 17.5. The first-order chi connectivity index (χ1) is 12.3. The van der Waals surface area contributed by atoms with Crippen molar-refractivity contribution in [2.75, 3.05) is 5.32 Å². The van der Waals surface area contributed by atoms with Crippen molar-refractivity contribution in [2.24, 2.45) is 23.7 Å². The van der Waals surface area contributed by atoms with Crippen molar-refractivity contribution in [3.8, 4) is 0 Å². The van der Waals surface area contributed by atoms with Crippen LogP contribution < -0.4 is 5.32 Å². The number of hydrogen-bond acceptors (Lipinski definition) is 3. The molecule has 0 radical (unpaired) electrons. The molecular formula is C20H21BrN2O3. The molecule has 2 bridgehead atoms. The van der Waals surface area contributed by atoms with E-state index in [9.17, 15) is 14.4 Å². The van der Waals surface area contributed by atoms with Gasteiger partial charge in [-0.1, -0.05) is 28.1 Å². The van der Waals surface area contributed by atoms with Crippen molar-refractivity contribution in [1.29, 1.82) is 0 Å². The predicted octanol–water partition coefficient (Wildman–Crippen LogP) is 3.20. The minimum atomic E-state index is -0.816. The van der Waals surface area contributed by atoms with Crippen LogP contribution in [0.5, 0.6) is 0 Å². The highest BCUT2D eigenvalue weighted by Gasteiger charge is 2.60. The summed E-state index contributed by atoms with van der Waals surface area (Å²) in [5, 5.41) is 2.88. The summed E-state index contributed by atoms with van der Waals surface area (Å²) in [4.78, 5) is 39.6. The van der Waals surface area contributed by atoms with Gasteiger partial charge in [-0.05, 0) is 62.3 Å². The van der Waals surface area contributed by atoms with Crippen LogP contribution in [0.1, 0.15) is 24.5 Å². The first-order valence-electron chi connectivity index (χ1n) is 8.92. The summed E-state index contributed by atoms with van der Waals surface area (Å²) in [7, 11) is 0. The zero-order valence-electron chi connectivity index (χ0n) is 15.0. The number of fused-ring (bicyclic) bond motifs is 5. The molecule has 136 valence electrons. The normalized spacial score (nSPS) is 30.1. The van der Waals surface area contributed by atoms with Crippen LogP contribution in [0.2, 0.25) is 0 Å². The predicted molar refractivity (Wildman–Crippen MR) is 101 cm³/mol. The van der Waals surface area contributed by atoms with Gasteiger partial charge in [0.25, 0.3) is 0 Å². The Balaban J connectivity index is 1.54. The summed E-state index contributed by atoms with van der Waals surface area (Å²) < 4.78 is 0.974. The standard InChI is InChI=1S/C20H21BrN2O3/c1-9-7-15(10(2)6-14(9)21)22-18(24)11(3)23-19(25)16-12-4-5-13(8-12)17(16)20(23)26/h4-7,11-13,16-17H,8H2,1-3H3,(H,22,24)/t11-,12-,13-,16-,17-/m0/s1. The lowest BCUT2D eigenvalue weighted by Crippen LogP contribution is -2.46. The summed E-state index contributed by atoms with van der Waals surface area (Å²) in [6.45, 7) is 5.48. The van der Waals surface area contributed by atoms with Crippen LogP contribution in [0.4, 0.5) is 5.69 Å². The molecule has 5 nitrogen and oxygen atoms in total. The monoisotopic (exact) mass is 416 g/mol. The van der Waals surface area contributed by atoms with E-state index in [1.54, 1.807) is 6.92 Å². The summed E-state index contributed by atoms with van der Waals surface area (Å²) in [5.74, 6) is -0.965. The highest BCUT2D eigenvalue weighted by atomic mass is 79.9. The molecule has 2 aliphatic carbocycles. The largest absolute Gasteiger partial charge is 0.324 e. The second-order valence-electron chi connectivity index (χ2n) is 7.63. The van der Waals surface area contributed by atoms with E-state index in [1.165, 1.54) is 4.90 Å². The molecular weight excluding hydrogens is 396 g/mol. The number of likely N-dealkylation sites (tertiary alicyclic amines) is 1. The van der Waals surface area contributed by atoms with Gasteiger partial charge in [0.1, 0.15) is 6.04 Å². The number of amides is 3. The Morgan fingerprint density at radius 3 is 2.27 bits per heavy atom. The van der Waals surface area contributed by atoms with E-state index in [4.69, 9.17) is 0 Å². The number of rotatable bonds is 3. The molecule has 1 aromatic carbocycles. The van der Waals surface area contributed by atoms with E-state index >= 15 is 0 Å². The van der Waals surface area contributed by atoms with Crippen molar-refractivity contribution in [2.45, 2.75) is 33.2 Å².